The fourth-order valence-electron chi connectivity index (χ4n) is 5.84. The number of hydrogen-bond acceptors (Lipinski definition) is 5. The van der Waals surface area contributed by atoms with Gasteiger partial charge in [0.05, 0.1) is 22.3 Å². The van der Waals surface area contributed by atoms with E-state index in [1.54, 1.807) is 25.1 Å². The summed E-state index contributed by atoms with van der Waals surface area (Å²) < 4.78 is 55.0. The van der Waals surface area contributed by atoms with Crippen LogP contribution in [0.15, 0.2) is 119 Å². The SMILES string of the molecule is CC(=NNC(=O)CN(c1ccc(F)cc1)S(=O)(=O)c1ccccc1)c1ccc2c(c1)C1C=CCC1C(c1ccc(F)cc1)N2. The number of benzene rings is 4. The van der Waals surface area contributed by atoms with Crippen molar-refractivity contribution in [1.29, 1.82) is 0 Å². The number of halogens is 2. The van der Waals surface area contributed by atoms with Crippen LogP contribution in [0, 0.1) is 17.6 Å². The number of nitrogens with one attached hydrogen (secondary N) is 2. The topological polar surface area (TPSA) is 90.9 Å². The van der Waals surface area contributed by atoms with Crippen LogP contribution in [0.3, 0.4) is 0 Å². The lowest BCUT2D eigenvalue weighted by molar-refractivity contribution is -0.119. The average molecular weight is 613 g/mol. The number of hydrazone groups is 1. The molecule has 10 heteroatoms. The highest BCUT2D eigenvalue weighted by Crippen LogP contribution is 2.50. The van der Waals surface area contributed by atoms with Crippen LogP contribution in [0.2, 0.25) is 0 Å². The van der Waals surface area contributed by atoms with Gasteiger partial charge in [0.1, 0.15) is 18.2 Å². The summed E-state index contributed by atoms with van der Waals surface area (Å²) in [6.45, 7) is 1.20. The second kappa shape index (κ2) is 12.0. The van der Waals surface area contributed by atoms with Gasteiger partial charge in [-0.05, 0) is 96.6 Å². The van der Waals surface area contributed by atoms with Crippen molar-refractivity contribution in [2.24, 2.45) is 11.0 Å². The Morgan fingerprint density at radius 1 is 0.955 bits per heavy atom. The van der Waals surface area contributed by atoms with Crippen molar-refractivity contribution in [3.63, 3.8) is 0 Å². The number of anilines is 2. The lowest BCUT2D eigenvalue weighted by Gasteiger charge is -2.37. The van der Waals surface area contributed by atoms with Crippen molar-refractivity contribution >= 4 is 33.0 Å². The van der Waals surface area contributed by atoms with Crippen LogP contribution in [0.5, 0.6) is 0 Å². The standard InChI is InChI=1S/C34H30F2N4O3S/c1-22(24-12-19-32-31(20-24)29-8-5-9-30(29)34(37-32)23-10-13-25(35)14-11-23)38-39-33(41)21-40(27-17-15-26(36)16-18-27)44(42,43)28-6-3-2-4-7-28/h2-8,10-20,29-30,34,37H,9,21H2,1H3,(H,39,41). The van der Waals surface area contributed by atoms with Gasteiger partial charge in [0.25, 0.3) is 15.9 Å². The maximum atomic E-state index is 13.6. The number of carbonyl (C=O) groups is 1. The highest BCUT2D eigenvalue weighted by molar-refractivity contribution is 7.92. The summed E-state index contributed by atoms with van der Waals surface area (Å²) in [5.41, 5.74) is 7.09. The van der Waals surface area contributed by atoms with Crippen molar-refractivity contribution in [3.8, 4) is 0 Å². The van der Waals surface area contributed by atoms with E-state index >= 15 is 0 Å². The second-order valence-electron chi connectivity index (χ2n) is 10.9. The lowest BCUT2D eigenvalue weighted by atomic mass is 9.76. The van der Waals surface area contributed by atoms with Crippen LogP contribution < -0.4 is 15.0 Å². The van der Waals surface area contributed by atoms with Gasteiger partial charge in [-0.15, -0.1) is 0 Å². The lowest BCUT2D eigenvalue weighted by Crippen LogP contribution is -2.39. The minimum Gasteiger partial charge on any atom is -0.378 e. The monoisotopic (exact) mass is 612 g/mol. The molecule has 44 heavy (non-hydrogen) atoms. The molecule has 6 rings (SSSR count). The molecule has 224 valence electrons. The summed E-state index contributed by atoms with van der Waals surface area (Å²) >= 11 is 0. The summed E-state index contributed by atoms with van der Waals surface area (Å²) in [4.78, 5) is 13.0. The molecule has 4 aromatic carbocycles. The minimum atomic E-state index is -4.13. The van der Waals surface area contributed by atoms with Gasteiger partial charge < -0.3 is 5.32 Å². The molecule has 3 unspecified atom stereocenters. The summed E-state index contributed by atoms with van der Waals surface area (Å²) in [6, 6.07) is 25.2. The minimum absolute atomic E-state index is 0.000379. The van der Waals surface area contributed by atoms with Gasteiger partial charge in [0, 0.05) is 11.6 Å². The van der Waals surface area contributed by atoms with Crippen LogP contribution in [0.4, 0.5) is 20.2 Å². The van der Waals surface area contributed by atoms with Gasteiger partial charge in [-0.3, -0.25) is 9.10 Å². The molecule has 2 N–H and O–H groups in total. The van der Waals surface area contributed by atoms with Crippen molar-refractivity contribution in [2.75, 3.05) is 16.2 Å². The van der Waals surface area contributed by atoms with E-state index in [2.05, 4.69) is 28.0 Å². The molecular weight excluding hydrogens is 582 g/mol. The van der Waals surface area contributed by atoms with Gasteiger partial charge in [0.2, 0.25) is 0 Å². The van der Waals surface area contributed by atoms with Crippen LogP contribution in [0.25, 0.3) is 0 Å². The molecule has 1 heterocycles. The van der Waals surface area contributed by atoms with Crippen molar-refractivity contribution in [3.05, 3.63) is 138 Å². The molecule has 1 aliphatic heterocycles. The molecule has 1 amide bonds. The van der Waals surface area contributed by atoms with Crippen molar-refractivity contribution in [2.45, 2.75) is 30.2 Å². The molecular formula is C34H30F2N4O3S. The fourth-order valence-corrected chi connectivity index (χ4v) is 7.28. The maximum Gasteiger partial charge on any atom is 0.264 e. The first-order valence-electron chi connectivity index (χ1n) is 14.2. The van der Waals surface area contributed by atoms with Crippen LogP contribution >= 0.6 is 0 Å². The molecule has 0 bridgehead atoms. The van der Waals surface area contributed by atoms with Gasteiger partial charge in [-0.25, -0.2) is 22.6 Å². The highest BCUT2D eigenvalue weighted by atomic mass is 32.2. The third-order valence-corrected chi connectivity index (χ3v) is 9.88. The Balaban J connectivity index is 1.21. The summed E-state index contributed by atoms with van der Waals surface area (Å²) in [6.07, 6.45) is 5.27. The van der Waals surface area contributed by atoms with E-state index in [1.165, 1.54) is 36.4 Å². The zero-order chi connectivity index (χ0) is 30.8. The number of amides is 1. The first-order valence-corrected chi connectivity index (χ1v) is 15.6. The van der Waals surface area contributed by atoms with E-state index in [4.69, 9.17) is 0 Å². The maximum absolute atomic E-state index is 13.6. The predicted octanol–water partition coefficient (Wildman–Crippen LogP) is 6.53. The Labute approximate surface area is 255 Å². The molecule has 4 aromatic rings. The van der Waals surface area contributed by atoms with E-state index in [-0.39, 0.29) is 34.3 Å². The molecule has 0 fully saturated rings. The molecule has 3 atom stereocenters. The van der Waals surface area contributed by atoms with Crippen LogP contribution in [0.1, 0.15) is 42.0 Å². The molecule has 7 nitrogen and oxygen atoms in total. The summed E-state index contributed by atoms with van der Waals surface area (Å²) in [7, 11) is -4.13. The summed E-state index contributed by atoms with van der Waals surface area (Å²) in [5, 5.41) is 7.91. The highest BCUT2D eigenvalue weighted by Gasteiger charge is 2.38. The molecule has 2 aliphatic rings. The number of hydrogen-bond donors (Lipinski definition) is 2. The van der Waals surface area contributed by atoms with Crippen molar-refractivity contribution in [1.82, 2.24) is 5.43 Å². The van der Waals surface area contributed by atoms with Crippen molar-refractivity contribution < 1.29 is 22.0 Å². The third kappa shape index (κ3) is 5.85. The first-order chi connectivity index (χ1) is 21.2. The zero-order valence-electron chi connectivity index (χ0n) is 23.8. The quantitative estimate of drug-likeness (QED) is 0.135. The van der Waals surface area contributed by atoms with Crippen LogP contribution in [-0.4, -0.2) is 26.6 Å². The van der Waals surface area contributed by atoms with E-state index < -0.39 is 28.3 Å². The number of rotatable bonds is 8. The average Bonchev–Trinajstić information content (AvgIpc) is 3.54. The molecule has 0 radical (unpaired) electrons. The predicted molar refractivity (Wildman–Crippen MR) is 167 cm³/mol. The fraction of sp³-hybridized carbons (Fsp3) is 0.176. The molecule has 0 saturated heterocycles. The van der Waals surface area contributed by atoms with E-state index in [0.717, 1.165) is 45.2 Å². The number of nitrogens with zero attached hydrogens (tertiary/aromatic N) is 2. The second-order valence-corrected chi connectivity index (χ2v) is 12.7. The van der Waals surface area contributed by atoms with Gasteiger partial charge in [0.15, 0.2) is 0 Å². The number of fused-ring (bicyclic) bond motifs is 3. The number of carbonyl (C=O) groups excluding carboxylic acids is 1. The molecule has 0 saturated carbocycles. The van der Waals surface area contributed by atoms with Gasteiger partial charge >= 0.3 is 0 Å². The zero-order valence-corrected chi connectivity index (χ0v) is 24.6. The van der Waals surface area contributed by atoms with E-state index in [1.807, 2.05) is 30.3 Å². The Morgan fingerprint density at radius 2 is 1.64 bits per heavy atom. The first kappa shape index (κ1) is 29.3. The Bertz CT molecular complexity index is 1840. The normalized spacial score (nSPS) is 19.1. The van der Waals surface area contributed by atoms with E-state index in [0.29, 0.717) is 5.71 Å². The third-order valence-electron chi connectivity index (χ3n) is 8.09. The molecule has 1 aliphatic carbocycles. The Hall–Kier alpha value is -4.83. The Morgan fingerprint density at radius 3 is 2.34 bits per heavy atom. The Kier molecular flexibility index (Phi) is 8.01. The van der Waals surface area contributed by atoms with Gasteiger partial charge in [-0.2, -0.15) is 5.10 Å². The smallest absolute Gasteiger partial charge is 0.264 e. The van der Waals surface area contributed by atoms with Gasteiger partial charge in [-0.1, -0.05) is 48.6 Å². The summed E-state index contributed by atoms with van der Waals surface area (Å²) in [5.74, 6) is -1.02. The van der Waals surface area contributed by atoms with E-state index in [9.17, 15) is 22.0 Å². The van der Waals surface area contributed by atoms with Crippen LogP contribution in [-0.2, 0) is 14.8 Å². The molecule has 0 aromatic heterocycles. The largest absolute Gasteiger partial charge is 0.378 e. The number of sulfonamides is 1. The molecule has 0 spiro atoms. The number of allylic oxidation sites excluding steroid dienone is 2.